The molecule has 3 aromatic rings. The average Bonchev–Trinajstić information content (AvgIpc) is 3.11. The van der Waals surface area contributed by atoms with Crippen LogP contribution in [-0.4, -0.2) is 21.6 Å². The number of carbonyl (C=O) groups is 2. The zero-order chi connectivity index (χ0) is 18.5. The fourth-order valence-corrected chi connectivity index (χ4v) is 2.42. The Morgan fingerprint density at radius 2 is 1.73 bits per heavy atom. The third-order valence-corrected chi connectivity index (χ3v) is 3.88. The lowest BCUT2D eigenvalue weighted by molar-refractivity contribution is -0.119. The van der Waals surface area contributed by atoms with Gasteiger partial charge >= 0.3 is 0 Å². The van der Waals surface area contributed by atoms with Crippen LogP contribution in [0.2, 0.25) is 0 Å². The highest BCUT2D eigenvalue weighted by Crippen LogP contribution is 2.13. The fraction of sp³-hybridized carbons (Fsp3) is 0.150. The van der Waals surface area contributed by atoms with Crippen molar-refractivity contribution >= 4 is 17.5 Å². The van der Waals surface area contributed by atoms with E-state index in [1.165, 1.54) is 6.92 Å². The summed E-state index contributed by atoms with van der Waals surface area (Å²) in [7, 11) is 0. The lowest BCUT2D eigenvalue weighted by Gasteiger charge is -2.07. The molecule has 0 aliphatic rings. The molecule has 132 valence electrons. The highest BCUT2D eigenvalue weighted by Gasteiger charge is 2.07. The van der Waals surface area contributed by atoms with Gasteiger partial charge < -0.3 is 10.6 Å². The molecular formula is C20H20N4O2. The molecule has 0 saturated carbocycles. The molecule has 26 heavy (non-hydrogen) atoms. The predicted octanol–water partition coefficient (Wildman–Crippen LogP) is 3.07. The molecule has 3 rings (SSSR count). The van der Waals surface area contributed by atoms with Gasteiger partial charge in [0.1, 0.15) is 0 Å². The first-order valence-electron chi connectivity index (χ1n) is 8.28. The number of nitrogens with one attached hydrogen (secondary N) is 2. The van der Waals surface area contributed by atoms with Crippen molar-refractivity contribution in [1.82, 2.24) is 15.1 Å². The Balaban J connectivity index is 1.67. The van der Waals surface area contributed by atoms with Crippen LogP contribution in [0, 0.1) is 6.92 Å². The molecule has 0 unspecified atom stereocenters. The molecule has 1 aromatic heterocycles. The monoisotopic (exact) mass is 348 g/mol. The maximum absolute atomic E-state index is 12.3. The van der Waals surface area contributed by atoms with Gasteiger partial charge in [0.15, 0.2) is 0 Å². The van der Waals surface area contributed by atoms with Crippen LogP contribution in [0.5, 0.6) is 0 Å². The molecule has 0 fully saturated rings. The third kappa shape index (κ3) is 4.36. The second-order valence-corrected chi connectivity index (χ2v) is 6.07. The highest BCUT2D eigenvalue weighted by atomic mass is 16.2. The van der Waals surface area contributed by atoms with Gasteiger partial charge in [0.25, 0.3) is 5.91 Å². The Bertz CT molecular complexity index is 912. The van der Waals surface area contributed by atoms with Gasteiger partial charge in [0, 0.05) is 36.5 Å². The van der Waals surface area contributed by atoms with Crippen molar-refractivity contribution in [2.75, 3.05) is 5.32 Å². The summed E-state index contributed by atoms with van der Waals surface area (Å²) in [6.07, 6.45) is 3.55. The van der Waals surface area contributed by atoms with Crippen LogP contribution in [0.1, 0.15) is 28.4 Å². The second kappa shape index (κ2) is 7.65. The van der Waals surface area contributed by atoms with Gasteiger partial charge in [-0.05, 0) is 43.3 Å². The smallest absolute Gasteiger partial charge is 0.255 e. The van der Waals surface area contributed by atoms with Crippen LogP contribution >= 0.6 is 0 Å². The SMILES string of the molecule is CC(=O)NCc1cnn(-c2ccc(C(=O)Nc3ccc(C)cc3)cc2)c1. The van der Waals surface area contributed by atoms with Crippen LogP contribution in [0.3, 0.4) is 0 Å². The van der Waals surface area contributed by atoms with E-state index in [4.69, 9.17) is 0 Å². The van der Waals surface area contributed by atoms with E-state index in [1.54, 1.807) is 23.0 Å². The molecule has 2 aromatic carbocycles. The van der Waals surface area contributed by atoms with Crippen molar-refractivity contribution in [1.29, 1.82) is 0 Å². The second-order valence-electron chi connectivity index (χ2n) is 6.07. The number of benzene rings is 2. The Kier molecular flexibility index (Phi) is 5.12. The standard InChI is InChI=1S/C20H20N4O2/c1-14-3-7-18(8-4-14)23-20(26)17-5-9-19(10-6-17)24-13-16(12-22-24)11-21-15(2)25/h3-10,12-13H,11H2,1-2H3,(H,21,25)(H,23,26). The highest BCUT2D eigenvalue weighted by molar-refractivity contribution is 6.04. The zero-order valence-electron chi connectivity index (χ0n) is 14.7. The van der Waals surface area contributed by atoms with Crippen molar-refractivity contribution < 1.29 is 9.59 Å². The normalized spacial score (nSPS) is 10.4. The summed E-state index contributed by atoms with van der Waals surface area (Å²) in [4.78, 5) is 23.3. The van der Waals surface area contributed by atoms with E-state index < -0.39 is 0 Å². The van der Waals surface area contributed by atoms with Crippen molar-refractivity contribution in [3.05, 3.63) is 77.6 Å². The van der Waals surface area contributed by atoms with E-state index in [9.17, 15) is 9.59 Å². The number of nitrogens with zero attached hydrogens (tertiary/aromatic N) is 2. The summed E-state index contributed by atoms with van der Waals surface area (Å²) in [6.45, 7) is 3.92. The molecule has 0 aliphatic carbocycles. The summed E-state index contributed by atoms with van der Waals surface area (Å²) >= 11 is 0. The fourth-order valence-electron chi connectivity index (χ4n) is 2.42. The predicted molar refractivity (Wildman–Crippen MR) is 100 cm³/mol. The van der Waals surface area contributed by atoms with E-state index in [0.717, 1.165) is 22.5 Å². The van der Waals surface area contributed by atoms with Gasteiger partial charge in [0.05, 0.1) is 11.9 Å². The molecule has 0 saturated heterocycles. The summed E-state index contributed by atoms with van der Waals surface area (Å²) in [5, 5.41) is 9.89. The summed E-state index contributed by atoms with van der Waals surface area (Å²) in [5.41, 5.74) is 4.22. The first-order chi connectivity index (χ1) is 12.5. The summed E-state index contributed by atoms with van der Waals surface area (Å²) in [5.74, 6) is -0.242. The molecular weight excluding hydrogens is 328 g/mol. The van der Waals surface area contributed by atoms with Crippen molar-refractivity contribution in [2.24, 2.45) is 0 Å². The molecule has 0 atom stereocenters. The molecule has 6 nitrogen and oxygen atoms in total. The van der Waals surface area contributed by atoms with Gasteiger partial charge in [-0.3, -0.25) is 9.59 Å². The number of amides is 2. The maximum atomic E-state index is 12.3. The summed E-state index contributed by atoms with van der Waals surface area (Å²) < 4.78 is 1.71. The van der Waals surface area contributed by atoms with Crippen molar-refractivity contribution in [3.63, 3.8) is 0 Å². The quantitative estimate of drug-likeness (QED) is 0.744. The first-order valence-corrected chi connectivity index (χ1v) is 8.28. The number of aromatic nitrogens is 2. The van der Waals surface area contributed by atoms with Gasteiger partial charge in [0.2, 0.25) is 5.91 Å². The molecule has 0 bridgehead atoms. The van der Waals surface area contributed by atoms with E-state index in [0.29, 0.717) is 12.1 Å². The number of aryl methyl sites for hydroxylation is 1. The minimum atomic E-state index is -0.160. The first kappa shape index (κ1) is 17.4. The van der Waals surface area contributed by atoms with Crippen LogP contribution in [0.25, 0.3) is 5.69 Å². The van der Waals surface area contributed by atoms with Crippen molar-refractivity contribution in [3.8, 4) is 5.69 Å². The minimum Gasteiger partial charge on any atom is -0.352 e. The molecule has 2 N–H and O–H groups in total. The van der Waals surface area contributed by atoms with Crippen LogP contribution < -0.4 is 10.6 Å². The Morgan fingerprint density at radius 3 is 2.38 bits per heavy atom. The largest absolute Gasteiger partial charge is 0.352 e. The zero-order valence-corrected chi connectivity index (χ0v) is 14.7. The molecule has 0 spiro atoms. The topological polar surface area (TPSA) is 76.0 Å². The third-order valence-electron chi connectivity index (χ3n) is 3.88. The van der Waals surface area contributed by atoms with Crippen molar-refractivity contribution in [2.45, 2.75) is 20.4 Å². The van der Waals surface area contributed by atoms with Crippen LogP contribution in [0.4, 0.5) is 5.69 Å². The number of hydrogen-bond acceptors (Lipinski definition) is 3. The van der Waals surface area contributed by atoms with Gasteiger partial charge in [-0.1, -0.05) is 17.7 Å². The number of hydrogen-bond donors (Lipinski definition) is 2. The number of carbonyl (C=O) groups excluding carboxylic acids is 2. The summed E-state index contributed by atoms with van der Waals surface area (Å²) in [6, 6.07) is 14.8. The lowest BCUT2D eigenvalue weighted by atomic mass is 10.1. The average molecular weight is 348 g/mol. The minimum absolute atomic E-state index is 0.0818. The van der Waals surface area contributed by atoms with Gasteiger partial charge in [-0.2, -0.15) is 5.10 Å². The number of rotatable bonds is 5. The Hall–Kier alpha value is -3.41. The Morgan fingerprint density at radius 1 is 1.04 bits per heavy atom. The molecule has 6 heteroatoms. The van der Waals surface area contributed by atoms with E-state index >= 15 is 0 Å². The molecule has 0 radical (unpaired) electrons. The van der Waals surface area contributed by atoms with Crippen LogP contribution in [0.15, 0.2) is 60.9 Å². The van der Waals surface area contributed by atoms with Gasteiger partial charge in [-0.15, -0.1) is 0 Å². The molecule has 2 amide bonds. The van der Waals surface area contributed by atoms with E-state index in [-0.39, 0.29) is 11.8 Å². The Labute approximate surface area is 151 Å². The van der Waals surface area contributed by atoms with E-state index in [1.807, 2.05) is 49.5 Å². The van der Waals surface area contributed by atoms with Crippen LogP contribution in [-0.2, 0) is 11.3 Å². The van der Waals surface area contributed by atoms with Gasteiger partial charge in [-0.25, -0.2) is 4.68 Å². The molecule has 0 aliphatic heterocycles. The lowest BCUT2D eigenvalue weighted by Crippen LogP contribution is -2.18. The maximum Gasteiger partial charge on any atom is 0.255 e. The number of anilines is 1. The van der Waals surface area contributed by atoms with E-state index in [2.05, 4.69) is 15.7 Å². The molecule has 1 heterocycles.